The molecule has 6 heteroatoms. The van der Waals surface area contributed by atoms with Crippen LogP contribution in [-0.4, -0.2) is 32.9 Å². The predicted molar refractivity (Wildman–Crippen MR) is 145 cm³/mol. The summed E-state index contributed by atoms with van der Waals surface area (Å²) in [6, 6.07) is 19.7. The Kier molecular flexibility index (Phi) is 6.33. The summed E-state index contributed by atoms with van der Waals surface area (Å²) in [5, 5.41) is 0.633. The van der Waals surface area contributed by atoms with Crippen LogP contribution >= 0.6 is 0 Å². The van der Waals surface area contributed by atoms with Crippen LogP contribution in [-0.2, 0) is 6.54 Å². The van der Waals surface area contributed by atoms with E-state index in [2.05, 4.69) is 41.1 Å². The van der Waals surface area contributed by atoms with Gasteiger partial charge in [-0.05, 0) is 61.7 Å². The number of rotatable bonds is 5. The zero-order chi connectivity index (χ0) is 25.2. The molecule has 1 saturated heterocycles. The summed E-state index contributed by atoms with van der Waals surface area (Å²) in [5.74, 6) is 0.932. The Morgan fingerprint density at radius 1 is 1.00 bits per heavy atom. The zero-order valence-electron chi connectivity index (χ0n) is 20.8. The third kappa shape index (κ3) is 4.68. The first-order chi connectivity index (χ1) is 18.2. The minimum atomic E-state index is 0.0478. The molecule has 4 heterocycles. The van der Waals surface area contributed by atoms with Crippen molar-refractivity contribution >= 4 is 11.0 Å². The van der Waals surface area contributed by atoms with Gasteiger partial charge in [0.25, 0.3) is 0 Å². The molecule has 1 aliphatic heterocycles. The van der Waals surface area contributed by atoms with Crippen molar-refractivity contribution in [2.45, 2.75) is 32.2 Å². The van der Waals surface area contributed by atoms with Crippen LogP contribution in [0, 0.1) is 6.92 Å². The van der Waals surface area contributed by atoms with Crippen molar-refractivity contribution in [2.75, 3.05) is 13.1 Å². The van der Waals surface area contributed by atoms with Crippen LogP contribution in [0.5, 0.6) is 0 Å². The number of aryl methyl sites for hydroxylation is 1. The minimum Gasteiger partial charge on any atom is -0.464 e. The SMILES string of the molecule is Cc1ccccc1-c1cnc(-c2ccncc2)nc1C1CCCN(Cc2coc3ccccc3c2=O)C1. The number of pyridine rings is 1. The Hall–Kier alpha value is -4.16. The van der Waals surface area contributed by atoms with Crippen LogP contribution in [0.25, 0.3) is 33.5 Å². The summed E-state index contributed by atoms with van der Waals surface area (Å²) in [6.07, 6.45) is 9.20. The molecule has 0 radical (unpaired) electrons. The lowest BCUT2D eigenvalue weighted by Crippen LogP contribution is -2.35. The summed E-state index contributed by atoms with van der Waals surface area (Å²) in [4.78, 5) is 29.5. The summed E-state index contributed by atoms with van der Waals surface area (Å²) >= 11 is 0. The highest BCUT2D eigenvalue weighted by Crippen LogP contribution is 2.35. The molecule has 6 rings (SSSR count). The van der Waals surface area contributed by atoms with Crippen LogP contribution in [0.15, 0.2) is 94.7 Å². The maximum atomic E-state index is 13.1. The van der Waals surface area contributed by atoms with E-state index in [-0.39, 0.29) is 11.3 Å². The van der Waals surface area contributed by atoms with Crippen molar-refractivity contribution in [3.8, 4) is 22.5 Å². The number of benzene rings is 2. The number of fused-ring (bicyclic) bond motifs is 1. The van der Waals surface area contributed by atoms with Crippen molar-refractivity contribution in [3.05, 3.63) is 113 Å². The highest BCUT2D eigenvalue weighted by molar-refractivity contribution is 5.76. The lowest BCUT2D eigenvalue weighted by molar-refractivity contribution is 0.197. The van der Waals surface area contributed by atoms with E-state index in [0.717, 1.165) is 48.3 Å². The van der Waals surface area contributed by atoms with Crippen LogP contribution in [0.4, 0.5) is 0 Å². The van der Waals surface area contributed by atoms with Gasteiger partial charge in [0.15, 0.2) is 11.3 Å². The Morgan fingerprint density at radius 2 is 1.81 bits per heavy atom. The number of piperidine rings is 1. The van der Waals surface area contributed by atoms with Gasteiger partial charge in [-0.25, -0.2) is 9.97 Å². The molecule has 3 aromatic heterocycles. The summed E-state index contributed by atoms with van der Waals surface area (Å²) in [5.41, 5.74) is 6.82. The van der Waals surface area contributed by atoms with E-state index >= 15 is 0 Å². The van der Waals surface area contributed by atoms with Crippen molar-refractivity contribution in [2.24, 2.45) is 0 Å². The molecule has 0 saturated carbocycles. The van der Waals surface area contributed by atoms with Crippen molar-refractivity contribution in [1.29, 1.82) is 0 Å². The molecule has 5 aromatic rings. The fraction of sp³-hybridized carbons (Fsp3) is 0.226. The molecule has 0 bridgehead atoms. The van der Waals surface area contributed by atoms with Crippen molar-refractivity contribution in [1.82, 2.24) is 19.9 Å². The Balaban J connectivity index is 1.35. The van der Waals surface area contributed by atoms with E-state index in [4.69, 9.17) is 14.4 Å². The third-order valence-electron chi connectivity index (χ3n) is 7.23. The fourth-order valence-electron chi connectivity index (χ4n) is 5.32. The topological polar surface area (TPSA) is 72.1 Å². The van der Waals surface area contributed by atoms with Gasteiger partial charge in [0.2, 0.25) is 0 Å². The predicted octanol–water partition coefficient (Wildman–Crippen LogP) is 6.00. The van der Waals surface area contributed by atoms with Gasteiger partial charge in [-0.3, -0.25) is 14.7 Å². The van der Waals surface area contributed by atoms with Gasteiger partial charge in [-0.15, -0.1) is 0 Å². The number of nitrogens with zero attached hydrogens (tertiary/aromatic N) is 4. The van der Waals surface area contributed by atoms with Gasteiger partial charge >= 0.3 is 0 Å². The molecule has 0 N–H and O–H groups in total. The largest absolute Gasteiger partial charge is 0.464 e. The van der Waals surface area contributed by atoms with Crippen LogP contribution < -0.4 is 5.43 Å². The number of aromatic nitrogens is 3. The smallest absolute Gasteiger partial charge is 0.197 e. The number of likely N-dealkylation sites (tertiary alicyclic amines) is 1. The van der Waals surface area contributed by atoms with Gasteiger partial charge < -0.3 is 4.42 Å². The molecule has 1 unspecified atom stereocenters. The molecule has 0 amide bonds. The summed E-state index contributed by atoms with van der Waals surface area (Å²) in [6.45, 7) is 4.44. The summed E-state index contributed by atoms with van der Waals surface area (Å²) in [7, 11) is 0. The molecule has 1 atom stereocenters. The molecule has 2 aromatic carbocycles. The molecular formula is C31H28N4O2. The molecule has 184 valence electrons. The van der Waals surface area contributed by atoms with Gasteiger partial charge in [0.1, 0.15) is 5.58 Å². The summed E-state index contributed by atoms with van der Waals surface area (Å²) < 4.78 is 5.78. The highest BCUT2D eigenvalue weighted by atomic mass is 16.3. The van der Waals surface area contributed by atoms with Crippen LogP contribution in [0.1, 0.15) is 35.6 Å². The standard InChI is InChI=1S/C31H28N4O2/c1-21-7-2-3-9-25(21)27-17-33-31(22-12-14-32-15-13-22)34-29(27)23-8-6-16-35(18-23)19-24-20-37-28-11-5-4-10-26(28)30(24)36/h2-5,7,9-15,17,20,23H,6,8,16,18-19H2,1H3. The zero-order valence-corrected chi connectivity index (χ0v) is 20.8. The minimum absolute atomic E-state index is 0.0478. The quantitative estimate of drug-likeness (QED) is 0.302. The first kappa shape index (κ1) is 23.3. The van der Waals surface area contributed by atoms with Gasteiger partial charge in [0.05, 0.1) is 17.3 Å². The Morgan fingerprint density at radius 3 is 2.68 bits per heavy atom. The van der Waals surface area contributed by atoms with Crippen LogP contribution in [0.2, 0.25) is 0 Å². The Bertz CT molecular complexity index is 1610. The molecule has 1 fully saturated rings. The van der Waals surface area contributed by atoms with Gasteiger partial charge in [0, 0.05) is 54.3 Å². The average Bonchev–Trinajstić information content (AvgIpc) is 2.95. The van der Waals surface area contributed by atoms with Crippen LogP contribution in [0.3, 0.4) is 0 Å². The Labute approximate surface area is 215 Å². The monoisotopic (exact) mass is 488 g/mol. The first-order valence-electron chi connectivity index (χ1n) is 12.7. The molecule has 37 heavy (non-hydrogen) atoms. The highest BCUT2D eigenvalue weighted by Gasteiger charge is 2.27. The van der Waals surface area contributed by atoms with Crippen molar-refractivity contribution in [3.63, 3.8) is 0 Å². The normalized spacial score (nSPS) is 16.2. The molecular weight excluding hydrogens is 460 g/mol. The van der Waals surface area contributed by atoms with E-state index in [1.807, 2.05) is 42.6 Å². The molecule has 6 nitrogen and oxygen atoms in total. The van der Waals surface area contributed by atoms with E-state index in [9.17, 15) is 4.79 Å². The second-order valence-corrected chi connectivity index (χ2v) is 9.70. The maximum Gasteiger partial charge on any atom is 0.197 e. The second kappa shape index (κ2) is 10.1. The van der Waals surface area contributed by atoms with Gasteiger partial charge in [-0.1, -0.05) is 36.4 Å². The lowest BCUT2D eigenvalue weighted by atomic mass is 9.88. The number of hydrogen-bond acceptors (Lipinski definition) is 6. The molecule has 0 aliphatic carbocycles. The fourth-order valence-corrected chi connectivity index (χ4v) is 5.32. The van der Waals surface area contributed by atoms with E-state index in [1.165, 1.54) is 5.56 Å². The molecule has 0 spiro atoms. The van der Waals surface area contributed by atoms with E-state index < -0.39 is 0 Å². The third-order valence-corrected chi connectivity index (χ3v) is 7.23. The lowest BCUT2D eigenvalue weighted by Gasteiger charge is -2.33. The maximum absolute atomic E-state index is 13.1. The number of hydrogen-bond donors (Lipinski definition) is 0. The second-order valence-electron chi connectivity index (χ2n) is 9.70. The molecule has 1 aliphatic rings. The van der Waals surface area contributed by atoms with Crippen molar-refractivity contribution < 1.29 is 4.42 Å². The van der Waals surface area contributed by atoms with Gasteiger partial charge in [-0.2, -0.15) is 0 Å². The first-order valence-corrected chi connectivity index (χ1v) is 12.7. The average molecular weight is 489 g/mol. The number of para-hydroxylation sites is 1. The van der Waals surface area contributed by atoms with E-state index in [0.29, 0.717) is 28.9 Å². The van der Waals surface area contributed by atoms with E-state index in [1.54, 1.807) is 18.7 Å².